The Labute approximate surface area is 122 Å². The maximum Gasteiger partial charge on any atom is 0.329 e. The van der Waals surface area contributed by atoms with Crippen LogP contribution in [0.25, 0.3) is 10.9 Å². The molecule has 0 spiro atoms. The van der Waals surface area contributed by atoms with E-state index in [4.69, 9.17) is 0 Å². The predicted octanol–water partition coefficient (Wildman–Crippen LogP) is 2.28. The van der Waals surface area contributed by atoms with E-state index >= 15 is 0 Å². The molecule has 21 heavy (non-hydrogen) atoms. The number of rotatable bonds is 3. The average Bonchev–Trinajstić information content (AvgIpc) is 2.41. The molecule has 0 radical (unpaired) electrons. The monoisotopic (exact) mass is 284 g/mol. The Morgan fingerprint density at radius 2 is 2.00 bits per heavy atom. The summed E-state index contributed by atoms with van der Waals surface area (Å²) in [5, 5.41) is 12.8. The van der Waals surface area contributed by atoms with Gasteiger partial charge in [-0.3, -0.25) is 9.78 Å². The number of carbonyl (C=O) groups excluding carboxylic acids is 1. The smallest absolute Gasteiger partial charge is 0.329 e. The number of amides is 1. The molecular weight excluding hydrogens is 268 g/mol. The van der Waals surface area contributed by atoms with Crippen LogP contribution in [0.5, 0.6) is 0 Å². The lowest BCUT2D eigenvalue weighted by molar-refractivity contribution is -0.148. The third-order valence-electron chi connectivity index (χ3n) is 4.06. The maximum atomic E-state index is 12.5. The maximum absolute atomic E-state index is 12.5. The molecule has 1 fully saturated rings. The zero-order valence-electron chi connectivity index (χ0n) is 11.7. The molecule has 2 aromatic rings. The van der Waals surface area contributed by atoms with Gasteiger partial charge in [-0.25, -0.2) is 4.79 Å². The van der Waals surface area contributed by atoms with E-state index in [-0.39, 0.29) is 5.91 Å². The first-order chi connectivity index (χ1) is 10.0. The molecule has 1 aromatic carbocycles. The number of aromatic nitrogens is 1. The molecule has 2 N–H and O–H groups in total. The number of carboxylic acids is 1. The Morgan fingerprint density at radius 3 is 2.62 bits per heavy atom. The van der Waals surface area contributed by atoms with Crippen LogP contribution in [0.2, 0.25) is 0 Å². The molecule has 1 aliphatic carbocycles. The van der Waals surface area contributed by atoms with Gasteiger partial charge in [-0.2, -0.15) is 0 Å². The predicted molar refractivity (Wildman–Crippen MR) is 78.2 cm³/mol. The van der Waals surface area contributed by atoms with Crippen molar-refractivity contribution in [1.82, 2.24) is 10.3 Å². The highest BCUT2D eigenvalue weighted by atomic mass is 16.4. The number of pyridine rings is 1. The second kappa shape index (κ2) is 4.84. The van der Waals surface area contributed by atoms with Crippen molar-refractivity contribution in [3.8, 4) is 0 Å². The van der Waals surface area contributed by atoms with Crippen molar-refractivity contribution in [1.29, 1.82) is 0 Å². The fourth-order valence-corrected chi connectivity index (χ4v) is 2.70. The van der Waals surface area contributed by atoms with Crippen molar-refractivity contribution in [2.75, 3.05) is 0 Å². The Kier molecular flexibility index (Phi) is 3.12. The third-order valence-corrected chi connectivity index (χ3v) is 4.06. The highest BCUT2D eigenvalue weighted by molar-refractivity contribution is 6.07. The number of nitrogens with one attached hydrogen (secondary N) is 1. The highest BCUT2D eigenvalue weighted by Crippen LogP contribution is 2.32. The molecule has 1 amide bonds. The van der Waals surface area contributed by atoms with Crippen LogP contribution in [0.1, 0.15) is 35.3 Å². The lowest BCUT2D eigenvalue weighted by Crippen LogP contribution is -2.59. The van der Waals surface area contributed by atoms with Gasteiger partial charge in [0.25, 0.3) is 5.91 Å². The first kappa shape index (κ1) is 13.5. The molecule has 1 aliphatic rings. The van der Waals surface area contributed by atoms with Crippen molar-refractivity contribution in [2.45, 2.75) is 31.7 Å². The van der Waals surface area contributed by atoms with E-state index in [9.17, 15) is 14.7 Å². The van der Waals surface area contributed by atoms with Crippen molar-refractivity contribution in [3.63, 3.8) is 0 Å². The minimum Gasteiger partial charge on any atom is -0.480 e. The number of para-hydroxylation sites is 1. The van der Waals surface area contributed by atoms with Crippen molar-refractivity contribution >= 4 is 22.8 Å². The molecule has 108 valence electrons. The van der Waals surface area contributed by atoms with Crippen molar-refractivity contribution in [2.24, 2.45) is 0 Å². The number of nitrogens with zero attached hydrogens (tertiary/aromatic N) is 1. The molecule has 1 aromatic heterocycles. The van der Waals surface area contributed by atoms with Gasteiger partial charge < -0.3 is 10.4 Å². The summed E-state index contributed by atoms with van der Waals surface area (Å²) in [6.07, 6.45) is 1.79. The van der Waals surface area contributed by atoms with Crippen LogP contribution >= 0.6 is 0 Å². The number of aliphatic carboxylic acids is 1. The first-order valence-corrected chi connectivity index (χ1v) is 6.94. The van der Waals surface area contributed by atoms with Crippen LogP contribution in [-0.4, -0.2) is 27.5 Å². The van der Waals surface area contributed by atoms with E-state index in [1.165, 1.54) is 0 Å². The highest BCUT2D eigenvalue weighted by Gasteiger charge is 2.45. The van der Waals surface area contributed by atoms with Gasteiger partial charge in [0.1, 0.15) is 5.54 Å². The van der Waals surface area contributed by atoms with Gasteiger partial charge in [0.05, 0.1) is 11.1 Å². The van der Waals surface area contributed by atoms with E-state index in [0.29, 0.717) is 18.4 Å². The second-order valence-electron chi connectivity index (χ2n) is 5.52. The summed E-state index contributed by atoms with van der Waals surface area (Å²) in [5.41, 5.74) is 0.845. The van der Waals surface area contributed by atoms with Crippen LogP contribution in [0.4, 0.5) is 0 Å². The van der Waals surface area contributed by atoms with Gasteiger partial charge in [0, 0.05) is 11.1 Å². The number of benzene rings is 1. The van der Waals surface area contributed by atoms with E-state index in [2.05, 4.69) is 10.3 Å². The molecule has 0 bridgehead atoms. The molecule has 1 heterocycles. The quantitative estimate of drug-likeness (QED) is 0.906. The third kappa shape index (κ3) is 2.24. The summed E-state index contributed by atoms with van der Waals surface area (Å²) in [6.45, 7) is 1.82. The number of hydrogen-bond donors (Lipinski definition) is 2. The zero-order valence-corrected chi connectivity index (χ0v) is 11.7. The lowest BCUT2D eigenvalue weighted by atomic mass is 9.76. The molecule has 5 nitrogen and oxygen atoms in total. The summed E-state index contributed by atoms with van der Waals surface area (Å²) >= 11 is 0. The number of carboxylic acid groups (broad SMARTS) is 1. The van der Waals surface area contributed by atoms with E-state index in [1.807, 2.05) is 31.2 Å². The minimum absolute atomic E-state index is 0.348. The van der Waals surface area contributed by atoms with Crippen LogP contribution < -0.4 is 5.32 Å². The molecule has 0 atom stereocenters. The van der Waals surface area contributed by atoms with Gasteiger partial charge in [-0.05, 0) is 38.3 Å². The summed E-state index contributed by atoms with van der Waals surface area (Å²) in [6, 6.07) is 9.07. The van der Waals surface area contributed by atoms with Crippen LogP contribution in [0.3, 0.4) is 0 Å². The fourth-order valence-electron chi connectivity index (χ4n) is 2.70. The number of fused-ring (bicyclic) bond motifs is 1. The summed E-state index contributed by atoms with van der Waals surface area (Å²) in [5.74, 6) is -1.31. The minimum atomic E-state index is -1.10. The SMILES string of the molecule is Cc1cc(C(=O)NC2(C(=O)O)CCC2)c2ccccc2n1. The van der Waals surface area contributed by atoms with Crippen LogP contribution in [0, 0.1) is 6.92 Å². The molecule has 1 saturated carbocycles. The van der Waals surface area contributed by atoms with Gasteiger partial charge >= 0.3 is 5.97 Å². The molecular formula is C16H16N2O3. The topological polar surface area (TPSA) is 79.3 Å². The average molecular weight is 284 g/mol. The molecule has 0 aliphatic heterocycles. The Balaban J connectivity index is 2.00. The number of hydrogen-bond acceptors (Lipinski definition) is 3. The van der Waals surface area contributed by atoms with Gasteiger partial charge in [-0.15, -0.1) is 0 Å². The zero-order chi connectivity index (χ0) is 15.0. The summed E-state index contributed by atoms with van der Waals surface area (Å²) in [4.78, 5) is 28.3. The lowest BCUT2D eigenvalue weighted by Gasteiger charge is -2.38. The van der Waals surface area contributed by atoms with E-state index < -0.39 is 11.5 Å². The fraction of sp³-hybridized carbons (Fsp3) is 0.312. The number of carbonyl (C=O) groups is 2. The molecule has 5 heteroatoms. The molecule has 0 unspecified atom stereocenters. The van der Waals surface area contributed by atoms with Crippen molar-refractivity contribution in [3.05, 3.63) is 41.6 Å². The standard InChI is InChI=1S/C16H16N2O3/c1-10-9-12(11-5-2-3-6-13(11)17-10)14(19)18-16(15(20)21)7-4-8-16/h2-3,5-6,9H,4,7-8H2,1H3,(H,18,19)(H,20,21). The van der Waals surface area contributed by atoms with Crippen LogP contribution in [0.15, 0.2) is 30.3 Å². The summed E-state index contributed by atoms with van der Waals surface area (Å²) in [7, 11) is 0. The second-order valence-corrected chi connectivity index (χ2v) is 5.52. The van der Waals surface area contributed by atoms with E-state index in [1.54, 1.807) is 6.07 Å². The van der Waals surface area contributed by atoms with Crippen molar-refractivity contribution < 1.29 is 14.7 Å². The normalized spacial score (nSPS) is 16.2. The largest absolute Gasteiger partial charge is 0.480 e. The van der Waals surface area contributed by atoms with Gasteiger partial charge in [0.2, 0.25) is 0 Å². The molecule has 0 saturated heterocycles. The van der Waals surface area contributed by atoms with Crippen LogP contribution in [-0.2, 0) is 4.79 Å². The van der Waals surface area contributed by atoms with Gasteiger partial charge in [-0.1, -0.05) is 18.2 Å². The Morgan fingerprint density at radius 1 is 1.29 bits per heavy atom. The Hall–Kier alpha value is -2.43. The molecule has 3 rings (SSSR count). The summed E-state index contributed by atoms with van der Waals surface area (Å²) < 4.78 is 0. The number of aryl methyl sites for hydroxylation is 1. The van der Waals surface area contributed by atoms with E-state index in [0.717, 1.165) is 23.0 Å². The Bertz CT molecular complexity index is 735. The van der Waals surface area contributed by atoms with Gasteiger partial charge in [0.15, 0.2) is 0 Å². The first-order valence-electron chi connectivity index (χ1n) is 6.94.